The number of sulfonamides is 1. The molecule has 0 unspecified atom stereocenters. The molecule has 0 radical (unpaired) electrons. The maximum atomic E-state index is 12.2. The number of anilines is 1. The molecule has 4 N–H and O–H groups in total. The first-order valence-corrected chi connectivity index (χ1v) is 7.49. The predicted molar refractivity (Wildman–Crippen MR) is 77.1 cm³/mol. The van der Waals surface area contributed by atoms with Gasteiger partial charge in [-0.05, 0) is 32.0 Å². The Hall–Kier alpha value is -0.600. The number of piperidine rings is 1. The molecule has 19 heavy (non-hydrogen) atoms. The minimum atomic E-state index is -3.66. The number of pyridine rings is 1. The van der Waals surface area contributed by atoms with E-state index in [1.54, 1.807) is 0 Å². The lowest BCUT2D eigenvalue weighted by Crippen LogP contribution is -2.42. The number of nitrogens with zero attached hydrogens (tertiary/aromatic N) is 1. The van der Waals surface area contributed by atoms with Gasteiger partial charge in [0.05, 0.1) is 5.02 Å². The highest BCUT2D eigenvalue weighted by Crippen LogP contribution is 2.21. The molecule has 6 nitrogen and oxygen atoms in total. The van der Waals surface area contributed by atoms with Crippen molar-refractivity contribution >= 4 is 39.8 Å². The fraction of sp³-hybridized carbons (Fsp3) is 0.500. The van der Waals surface area contributed by atoms with Gasteiger partial charge in [-0.1, -0.05) is 11.6 Å². The van der Waals surface area contributed by atoms with E-state index in [0.717, 1.165) is 25.9 Å². The van der Waals surface area contributed by atoms with Crippen LogP contribution in [0.2, 0.25) is 5.02 Å². The van der Waals surface area contributed by atoms with Crippen molar-refractivity contribution in [2.75, 3.05) is 18.8 Å². The maximum Gasteiger partial charge on any atom is 0.244 e. The Bertz CT molecular complexity index is 532. The van der Waals surface area contributed by atoms with Gasteiger partial charge < -0.3 is 11.1 Å². The second-order valence-electron chi connectivity index (χ2n) is 4.18. The van der Waals surface area contributed by atoms with Gasteiger partial charge in [0.25, 0.3) is 0 Å². The first-order valence-electron chi connectivity index (χ1n) is 5.63. The average Bonchev–Trinajstić information content (AvgIpc) is 2.33. The summed E-state index contributed by atoms with van der Waals surface area (Å²) in [4.78, 5) is 3.69. The summed E-state index contributed by atoms with van der Waals surface area (Å²) in [5, 5.41) is 3.41. The molecule has 0 aliphatic carbocycles. The van der Waals surface area contributed by atoms with Crippen LogP contribution < -0.4 is 15.8 Å². The van der Waals surface area contributed by atoms with E-state index in [9.17, 15) is 8.42 Å². The predicted octanol–water partition coefficient (Wildman–Crippen LogP) is 0.769. The van der Waals surface area contributed by atoms with Gasteiger partial charge in [0.1, 0.15) is 10.7 Å². The molecule has 1 fully saturated rings. The van der Waals surface area contributed by atoms with Crippen LogP contribution in [-0.2, 0) is 10.0 Å². The Morgan fingerprint density at radius 2 is 2.05 bits per heavy atom. The molecule has 0 bridgehead atoms. The summed E-state index contributed by atoms with van der Waals surface area (Å²) in [6.07, 6.45) is 2.83. The normalized spacial score (nSPS) is 16.9. The minimum absolute atomic E-state index is 0. The highest BCUT2D eigenvalue weighted by atomic mass is 35.5. The zero-order valence-electron chi connectivity index (χ0n) is 10.1. The monoisotopic (exact) mass is 326 g/mol. The van der Waals surface area contributed by atoms with Crippen molar-refractivity contribution in [2.45, 2.75) is 23.8 Å². The number of nitrogens with two attached hydrogens (primary N) is 1. The number of aromatic nitrogens is 1. The summed E-state index contributed by atoms with van der Waals surface area (Å²) in [5.74, 6) is -0.0409. The number of nitrogen functional groups attached to an aromatic ring is 1. The third-order valence-electron chi connectivity index (χ3n) is 2.80. The van der Waals surface area contributed by atoms with Crippen LogP contribution in [0.15, 0.2) is 17.2 Å². The Balaban J connectivity index is 0.00000180. The van der Waals surface area contributed by atoms with Crippen molar-refractivity contribution in [1.82, 2.24) is 15.0 Å². The molecule has 1 aliphatic heterocycles. The molecule has 9 heteroatoms. The van der Waals surface area contributed by atoms with Gasteiger partial charge in [0.2, 0.25) is 10.0 Å². The highest BCUT2D eigenvalue weighted by Gasteiger charge is 2.24. The highest BCUT2D eigenvalue weighted by molar-refractivity contribution is 7.89. The van der Waals surface area contributed by atoms with Crippen LogP contribution in [0.5, 0.6) is 0 Å². The molecule has 1 aliphatic rings. The lowest BCUT2D eigenvalue weighted by Gasteiger charge is -2.23. The molecule has 0 spiro atoms. The molecule has 1 saturated heterocycles. The number of hydrogen-bond donors (Lipinski definition) is 3. The van der Waals surface area contributed by atoms with Crippen LogP contribution in [0.25, 0.3) is 0 Å². The number of rotatable bonds is 3. The van der Waals surface area contributed by atoms with Gasteiger partial charge >= 0.3 is 0 Å². The molecule has 0 aromatic carbocycles. The SMILES string of the molecule is Cl.Nc1ncc(Cl)cc1S(=O)(=O)NC1CCNCC1. The van der Waals surface area contributed by atoms with Gasteiger partial charge in [-0.25, -0.2) is 18.1 Å². The van der Waals surface area contributed by atoms with E-state index in [0.29, 0.717) is 0 Å². The molecule has 0 amide bonds. The fourth-order valence-corrected chi connectivity index (χ4v) is 3.50. The third-order valence-corrected chi connectivity index (χ3v) is 4.56. The molecule has 108 valence electrons. The Labute approximate surface area is 123 Å². The summed E-state index contributed by atoms with van der Waals surface area (Å²) in [6.45, 7) is 1.60. The third kappa shape index (κ3) is 4.19. The molecule has 1 aromatic rings. The Kier molecular flexibility index (Phi) is 5.82. The Morgan fingerprint density at radius 3 is 2.68 bits per heavy atom. The van der Waals surface area contributed by atoms with Crippen molar-refractivity contribution in [3.05, 3.63) is 17.3 Å². The summed E-state index contributed by atoms with van der Waals surface area (Å²) >= 11 is 5.75. The van der Waals surface area contributed by atoms with Gasteiger partial charge in [0, 0.05) is 12.2 Å². The van der Waals surface area contributed by atoms with Crippen LogP contribution in [0.1, 0.15) is 12.8 Å². The van der Waals surface area contributed by atoms with E-state index >= 15 is 0 Å². The second kappa shape index (κ2) is 6.71. The van der Waals surface area contributed by atoms with E-state index in [2.05, 4.69) is 15.0 Å². The van der Waals surface area contributed by atoms with Gasteiger partial charge in [-0.2, -0.15) is 0 Å². The van der Waals surface area contributed by atoms with Crippen molar-refractivity contribution in [2.24, 2.45) is 0 Å². The van der Waals surface area contributed by atoms with Crippen molar-refractivity contribution < 1.29 is 8.42 Å². The van der Waals surface area contributed by atoms with Crippen LogP contribution in [0.3, 0.4) is 0 Å². The molecule has 0 saturated carbocycles. The summed E-state index contributed by atoms with van der Waals surface area (Å²) < 4.78 is 27.0. The average molecular weight is 327 g/mol. The second-order valence-corrected chi connectivity index (χ2v) is 6.30. The van der Waals surface area contributed by atoms with Crippen LogP contribution in [-0.4, -0.2) is 32.5 Å². The first kappa shape index (κ1) is 16.5. The fourth-order valence-electron chi connectivity index (χ4n) is 1.87. The molecule has 0 atom stereocenters. The van der Waals surface area contributed by atoms with Crippen molar-refractivity contribution in [3.8, 4) is 0 Å². The van der Waals surface area contributed by atoms with Crippen molar-refractivity contribution in [1.29, 1.82) is 0 Å². The van der Waals surface area contributed by atoms with E-state index in [-0.39, 0.29) is 34.2 Å². The first-order chi connectivity index (χ1) is 8.49. The van der Waals surface area contributed by atoms with E-state index in [1.165, 1.54) is 12.3 Å². The van der Waals surface area contributed by atoms with E-state index < -0.39 is 10.0 Å². The van der Waals surface area contributed by atoms with Crippen molar-refractivity contribution in [3.63, 3.8) is 0 Å². The molecule has 1 aromatic heterocycles. The van der Waals surface area contributed by atoms with Crippen LogP contribution in [0, 0.1) is 0 Å². The maximum absolute atomic E-state index is 12.2. The number of nitrogens with one attached hydrogen (secondary N) is 2. The molecular formula is C10H16Cl2N4O2S. The summed E-state index contributed by atoms with van der Waals surface area (Å²) in [7, 11) is -3.66. The lowest BCUT2D eigenvalue weighted by molar-refractivity contribution is 0.427. The summed E-state index contributed by atoms with van der Waals surface area (Å²) in [6, 6.07) is 1.24. The summed E-state index contributed by atoms with van der Waals surface area (Å²) in [5.41, 5.74) is 5.58. The quantitative estimate of drug-likeness (QED) is 0.762. The number of hydrogen-bond acceptors (Lipinski definition) is 5. The van der Waals surface area contributed by atoms with Gasteiger partial charge in [-0.3, -0.25) is 0 Å². The smallest absolute Gasteiger partial charge is 0.244 e. The lowest BCUT2D eigenvalue weighted by atomic mass is 10.1. The van der Waals surface area contributed by atoms with Crippen LogP contribution in [0.4, 0.5) is 5.82 Å². The minimum Gasteiger partial charge on any atom is -0.383 e. The topological polar surface area (TPSA) is 97.1 Å². The van der Waals surface area contributed by atoms with Gasteiger partial charge in [-0.15, -0.1) is 12.4 Å². The van der Waals surface area contributed by atoms with E-state index in [1.807, 2.05) is 0 Å². The van der Waals surface area contributed by atoms with Crippen LogP contribution >= 0.6 is 24.0 Å². The zero-order chi connectivity index (χ0) is 13.2. The largest absolute Gasteiger partial charge is 0.383 e. The Morgan fingerprint density at radius 1 is 1.42 bits per heavy atom. The molecular weight excluding hydrogens is 311 g/mol. The molecule has 2 rings (SSSR count). The standard InChI is InChI=1S/C10H15ClN4O2S.ClH/c11-7-5-9(10(12)14-6-7)18(16,17)15-8-1-3-13-4-2-8;/h5-6,8,13,15H,1-4H2,(H2,12,14);1H. The van der Waals surface area contributed by atoms with Gasteiger partial charge in [0.15, 0.2) is 0 Å². The number of halogens is 2. The van der Waals surface area contributed by atoms with E-state index in [4.69, 9.17) is 17.3 Å². The zero-order valence-corrected chi connectivity index (χ0v) is 12.5. The molecule has 2 heterocycles.